The van der Waals surface area contributed by atoms with Crippen molar-refractivity contribution in [2.24, 2.45) is 5.92 Å². The molecule has 3 N–H and O–H groups in total. The van der Waals surface area contributed by atoms with Crippen LogP contribution in [-0.2, 0) is 33.4 Å². The van der Waals surface area contributed by atoms with Gasteiger partial charge < -0.3 is 29.7 Å². The number of carboxylic acids is 2. The summed E-state index contributed by atoms with van der Waals surface area (Å²) in [6, 6.07) is -1.52. The van der Waals surface area contributed by atoms with Gasteiger partial charge in [0.05, 0.1) is 18.4 Å². The molecule has 28 heavy (non-hydrogen) atoms. The van der Waals surface area contributed by atoms with Crippen LogP contribution in [0.4, 0.5) is 0 Å². The standard InChI is InChI=1S/C18H25NO9/c1-2-3-4-5-9(20)6-10-13-14(27-8-26-10)12-16(23)19-15(17(24)25)18(12,28-13)7-11(21)22/h10,12-15H,2-8H2,1H3,(H,19,23)(H,21,22)(H,24,25)/t10-,12-,13+,14+,15+,18-/m0/s1. The fraction of sp³-hybridized carbons (Fsp3) is 0.778. The van der Waals surface area contributed by atoms with Gasteiger partial charge in [-0.3, -0.25) is 14.4 Å². The molecule has 0 spiro atoms. The maximum Gasteiger partial charge on any atom is 0.329 e. The summed E-state index contributed by atoms with van der Waals surface area (Å²) in [7, 11) is 0. The van der Waals surface area contributed by atoms with E-state index in [4.69, 9.17) is 14.2 Å². The second-order valence-electron chi connectivity index (χ2n) is 7.52. The van der Waals surface area contributed by atoms with E-state index in [1.165, 1.54) is 0 Å². The minimum Gasteiger partial charge on any atom is -0.481 e. The zero-order valence-electron chi connectivity index (χ0n) is 15.6. The lowest BCUT2D eigenvalue weighted by atomic mass is 9.80. The first-order valence-corrected chi connectivity index (χ1v) is 9.48. The molecule has 3 saturated heterocycles. The van der Waals surface area contributed by atoms with E-state index in [2.05, 4.69) is 5.32 Å². The molecular weight excluding hydrogens is 374 g/mol. The number of hydrogen-bond donors (Lipinski definition) is 3. The molecule has 3 aliphatic rings. The summed E-state index contributed by atoms with van der Waals surface area (Å²) in [5, 5.41) is 21.1. The van der Waals surface area contributed by atoms with Gasteiger partial charge in [-0.05, 0) is 6.42 Å². The van der Waals surface area contributed by atoms with E-state index in [9.17, 15) is 29.4 Å². The number of Topliss-reactive ketones (excluding diaryl/α,β-unsaturated/α-hetero) is 1. The second kappa shape index (κ2) is 8.14. The molecule has 0 radical (unpaired) electrons. The van der Waals surface area contributed by atoms with Gasteiger partial charge in [-0.2, -0.15) is 0 Å². The number of fused-ring (bicyclic) bond motifs is 3. The summed E-state index contributed by atoms with van der Waals surface area (Å²) >= 11 is 0. The van der Waals surface area contributed by atoms with Gasteiger partial charge >= 0.3 is 11.9 Å². The summed E-state index contributed by atoms with van der Waals surface area (Å²) in [6.07, 6.45) is -0.0214. The Labute approximate surface area is 161 Å². The summed E-state index contributed by atoms with van der Waals surface area (Å²) in [5.74, 6) is -4.43. The van der Waals surface area contributed by atoms with Gasteiger partial charge in [0.15, 0.2) is 6.04 Å². The number of carboxylic acid groups (broad SMARTS) is 2. The van der Waals surface area contributed by atoms with Crippen LogP contribution in [-0.4, -0.2) is 70.6 Å². The van der Waals surface area contributed by atoms with Gasteiger partial charge in [0.2, 0.25) is 5.91 Å². The Balaban J connectivity index is 1.82. The Kier molecular flexibility index (Phi) is 6.01. The number of carbonyl (C=O) groups is 4. The number of carbonyl (C=O) groups excluding carboxylic acids is 2. The van der Waals surface area contributed by atoms with Crippen LogP contribution in [0.15, 0.2) is 0 Å². The summed E-state index contributed by atoms with van der Waals surface area (Å²) < 4.78 is 17.0. The number of ether oxygens (including phenoxy) is 3. The summed E-state index contributed by atoms with van der Waals surface area (Å²) in [4.78, 5) is 47.9. The third-order valence-corrected chi connectivity index (χ3v) is 5.66. The van der Waals surface area contributed by atoms with E-state index in [0.717, 1.165) is 19.3 Å². The molecule has 156 valence electrons. The topological polar surface area (TPSA) is 148 Å². The second-order valence-corrected chi connectivity index (χ2v) is 7.52. The Hall–Kier alpha value is -2.04. The van der Waals surface area contributed by atoms with E-state index >= 15 is 0 Å². The first-order valence-electron chi connectivity index (χ1n) is 9.48. The molecule has 10 nitrogen and oxygen atoms in total. The molecule has 3 fully saturated rings. The minimum absolute atomic E-state index is 0.0220. The highest BCUT2D eigenvalue weighted by atomic mass is 16.7. The van der Waals surface area contributed by atoms with Gasteiger partial charge in [0.25, 0.3) is 0 Å². The van der Waals surface area contributed by atoms with Gasteiger partial charge in [-0.25, -0.2) is 4.79 Å². The Morgan fingerprint density at radius 2 is 1.93 bits per heavy atom. The van der Waals surface area contributed by atoms with Crippen molar-refractivity contribution in [3.63, 3.8) is 0 Å². The molecular formula is C18H25NO9. The Morgan fingerprint density at radius 1 is 1.18 bits per heavy atom. The number of ketones is 1. The lowest BCUT2D eigenvalue weighted by Crippen LogP contribution is -2.53. The SMILES string of the molecule is CCCCCC(=O)C[C@@H]1OCO[C@H]2[C@@H]1O[C@]1(CC(=O)O)[C@@H](C(=O)O)NC(=O)[C@H]21. The van der Waals surface area contributed by atoms with Crippen molar-refractivity contribution in [1.82, 2.24) is 5.32 Å². The maximum atomic E-state index is 12.5. The van der Waals surface area contributed by atoms with Gasteiger partial charge in [0, 0.05) is 12.8 Å². The van der Waals surface area contributed by atoms with Gasteiger partial charge in [-0.1, -0.05) is 19.8 Å². The highest BCUT2D eigenvalue weighted by molar-refractivity contribution is 5.94. The molecule has 6 atom stereocenters. The van der Waals surface area contributed by atoms with Crippen molar-refractivity contribution >= 4 is 23.6 Å². The molecule has 0 aromatic rings. The van der Waals surface area contributed by atoms with Crippen LogP contribution in [0, 0.1) is 5.92 Å². The van der Waals surface area contributed by atoms with Gasteiger partial charge in [0.1, 0.15) is 30.4 Å². The van der Waals surface area contributed by atoms with Crippen LogP contribution in [0.3, 0.4) is 0 Å². The van der Waals surface area contributed by atoms with E-state index in [1.54, 1.807) is 0 Å². The lowest BCUT2D eigenvalue weighted by Gasteiger charge is -2.34. The highest BCUT2D eigenvalue weighted by Crippen LogP contribution is 2.49. The third kappa shape index (κ3) is 3.63. The van der Waals surface area contributed by atoms with Crippen LogP contribution in [0.2, 0.25) is 0 Å². The van der Waals surface area contributed by atoms with Gasteiger partial charge in [-0.15, -0.1) is 0 Å². The molecule has 0 aromatic heterocycles. The largest absolute Gasteiger partial charge is 0.481 e. The molecule has 0 aliphatic carbocycles. The quantitative estimate of drug-likeness (QED) is 0.458. The van der Waals surface area contributed by atoms with E-state index in [1.807, 2.05) is 6.92 Å². The number of aliphatic carboxylic acids is 2. The normalized spacial score (nSPS) is 36.5. The van der Waals surface area contributed by atoms with Crippen molar-refractivity contribution in [3.8, 4) is 0 Å². The monoisotopic (exact) mass is 399 g/mol. The lowest BCUT2D eigenvalue weighted by molar-refractivity contribution is -0.229. The molecule has 0 aromatic carbocycles. The molecule has 3 aliphatic heterocycles. The molecule has 0 unspecified atom stereocenters. The Morgan fingerprint density at radius 3 is 2.57 bits per heavy atom. The number of hydrogen-bond acceptors (Lipinski definition) is 7. The number of nitrogens with one attached hydrogen (secondary N) is 1. The molecule has 3 heterocycles. The molecule has 3 rings (SSSR count). The average molecular weight is 399 g/mol. The zero-order chi connectivity index (χ0) is 20.5. The predicted octanol–water partition coefficient (Wildman–Crippen LogP) is 0.0789. The minimum atomic E-state index is -1.79. The average Bonchev–Trinajstić information content (AvgIpc) is 3.07. The van der Waals surface area contributed by atoms with E-state index in [-0.39, 0.29) is 19.0 Å². The first-order chi connectivity index (χ1) is 13.3. The number of amides is 1. The fourth-order valence-corrected chi connectivity index (χ4v) is 4.45. The fourth-order valence-electron chi connectivity index (χ4n) is 4.45. The maximum absolute atomic E-state index is 12.5. The van der Waals surface area contributed by atoms with Crippen LogP contribution in [0.25, 0.3) is 0 Å². The molecule has 0 bridgehead atoms. The molecule has 1 amide bonds. The van der Waals surface area contributed by atoms with Crippen molar-refractivity contribution in [3.05, 3.63) is 0 Å². The molecule has 0 saturated carbocycles. The van der Waals surface area contributed by atoms with Crippen molar-refractivity contribution in [1.29, 1.82) is 0 Å². The summed E-state index contributed by atoms with van der Waals surface area (Å²) in [6.45, 7) is 1.86. The van der Waals surface area contributed by atoms with Crippen molar-refractivity contribution in [2.75, 3.05) is 6.79 Å². The number of rotatable bonds is 9. The van der Waals surface area contributed by atoms with E-state index < -0.39 is 60.1 Å². The Bertz CT molecular complexity index is 665. The third-order valence-electron chi connectivity index (χ3n) is 5.66. The predicted molar refractivity (Wildman–Crippen MR) is 91.3 cm³/mol. The van der Waals surface area contributed by atoms with Crippen LogP contribution < -0.4 is 5.32 Å². The first kappa shape index (κ1) is 20.7. The number of unbranched alkanes of at least 4 members (excludes halogenated alkanes) is 2. The van der Waals surface area contributed by atoms with Crippen LogP contribution in [0.5, 0.6) is 0 Å². The van der Waals surface area contributed by atoms with Crippen molar-refractivity contribution in [2.45, 2.75) is 75.4 Å². The molecule has 10 heteroatoms. The zero-order valence-corrected chi connectivity index (χ0v) is 15.6. The van der Waals surface area contributed by atoms with Crippen LogP contribution >= 0.6 is 0 Å². The smallest absolute Gasteiger partial charge is 0.329 e. The van der Waals surface area contributed by atoms with Crippen molar-refractivity contribution < 1.29 is 43.6 Å². The van der Waals surface area contributed by atoms with E-state index in [0.29, 0.717) is 6.42 Å². The van der Waals surface area contributed by atoms with Crippen LogP contribution in [0.1, 0.15) is 45.4 Å². The summed E-state index contributed by atoms with van der Waals surface area (Å²) in [5.41, 5.74) is -1.79. The highest BCUT2D eigenvalue weighted by Gasteiger charge is 2.71.